The molecule has 86 valence electrons. The van der Waals surface area contributed by atoms with Gasteiger partial charge in [0.05, 0.1) is 0 Å². The number of hydrogen-bond donors (Lipinski definition) is 0. The van der Waals surface area contributed by atoms with Crippen LogP contribution < -0.4 is 0 Å². The Labute approximate surface area is 110 Å². The van der Waals surface area contributed by atoms with E-state index in [9.17, 15) is 0 Å². The Morgan fingerprint density at radius 2 is 1.79 bits per heavy atom. The van der Waals surface area contributed by atoms with Crippen LogP contribution >= 0.6 is 56.4 Å². The summed E-state index contributed by atoms with van der Waals surface area (Å²) in [6, 6.07) is 0. The summed E-state index contributed by atoms with van der Waals surface area (Å²) in [4.78, 5) is 0. The zero-order chi connectivity index (χ0) is 11.2. The van der Waals surface area contributed by atoms with Gasteiger partial charge in [-0.2, -0.15) is 0 Å². The fraction of sp³-hybridized carbons (Fsp3) is 1.00. The fourth-order valence-corrected chi connectivity index (χ4v) is 4.47. The number of halogens is 3. The molecule has 0 saturated carbocycles. The van der Waals surface area contributed by atoms with Crippen molar-refractivity contribution in [1.29, 1.82) is 0 Å². The van der Waals surface area contributed by atoms with Crippen molar-refractivity contribution in [1.82, 2.24) is 0 Å². The van der Waals surface area contributed by atoms with Crippen LogP contribution in [0, 0.1) is 5.92 Å². The molecule has 0 aliphatic rings. The highest BCUT2D eigenvalue weighted by Gasteiger charge is 2.28. The SMILES string of the molecule is CCSS[C@@H](CC(Cl)(Cl)Cl)C(C)CC. The van der Waals surface area contributed by atoms with Gasteiger partial charge < -0.3 is 0 Å². The molecule has 0 aromatic carbocycles. The van der Waals surface area contributed by atoms with Crippen LogP contribution in [0.3, 0.4) is 0 Å². The third-order valence-corrected chi connectivity index (χ3v) is 5.59. The lowest BCUT2D eigenvalue weighted by atomic mass is 10.0. The van der Waals surface area contributed by atoms with Crippen molar-refractivity contribution in [3.8, 4) is 0 Å². The molecule has 0 amide bonds. The van der Waals surface area contributed by atoms with Crippen molar-refractivity contribution in [3.05, 3.63) is 0 Å². The van der Waals surface area contributed by atoms with Gasteiger partial charge in [0.25, 0.3) is 0 Å². The van der Waals surface area contributed by atoms with Gasteiger partial charge in [-0.15, -0.1) is 0 Å². The van der Waals surface area contributed by atoms with E-state index in [0.29, 0.717) is 17.6 Å². The molecule has 0 heterocycles. The highest BCUT2D eigenvalue weighted by atomic mass is 35.6. The molecule has 2 atom stereocenters. The predicted molar refractivity (Wildman–Crippen MR) is 73.9 cm³/mol. The molecule has 0 nitrogen and oxygen atoms in total. The van der Waals surface area contributed by atoms with Gasteiger partial charge in [-0.3, -0.25) is 0 Å². The maximum atomic E-state index is 5.82. The highest BCUT2D eigenvalue weighted by molar-refractivity contribution is 8.76. The third kappa shape index (κ3) is 7.81. The van der Waals surface area contributed by atoms with E-state index in [4.69, 9.17) is 34.8 Å². The fourth-order valence-electron chi connectivity index (χ4n) is 0.976. The van der Waals surface area contributed by atoms with Crippen LogP contribution in [0.4, 0.5) is 0 Å². The van der Waals surface area contributed by atoms with Gasteiger partial charge in [0.15, 0.2) is 3.79 Å². The van der Waals surface area contributed by atoms with Gasteiger partial charge in [-0.25, -0.2) is 0 Å². The van der Waals surface area contributed by atoms with Crippen LogP contribution in [-0.2, 0) is 0 Å². The van der Waals surface area contributed by atoms with E-state index in [1.54, 1.807) is 0 Å². The molecule has 0 spiro atoms. The Kier molecular flexibility index (Phi) is 8.65. The molecule has 0 bridgehead atoms. The Morgan fingerprint density at radius 1 is 1.21 bits per heavy atom. The van der Waals surface area contributed by atoms with Crippen LogP contribution in [0.1, 0.15) is 33.6 Å². The van der Waals surface area contributed by atoms with Crippen molar-refractivity contribution in [2.24, 2.45) is 5.92 Å². The first kappa shape index (κ1) is 15.6. The van der Waals surface area contributed by atoms with E-state index < -0.39 is 3.79 Å². The molecule has 0 fully saturated rings. The van der Waals surface area contributed by atoms with Crippen LogP contribution in [0.2, 0.25) is 0 Å². The van der Waals surface area contributed by atoms with E-state index in [1.165, 1.54) is 0 Å². The minimum Gasteiger partial charge on any atom is -0.0942 e. The summed E-state index contributed by atoms with van der Waals surface area (Å²) in [7, 11) is 3.69. The first-order chi connectivity index (χ1) is 6.40. The number of rotatable bonds is 6. The summed E-state index contributed by atoms with van der Waals surface area (Å²) >= 11 is 17.4. The highest BCUT2D eigenvalue weighted by Crippen LogP contribution is 2.42. The first-order valence-electron chi connectivity index (χ1n) is 4.75. The summed E-state index contributed by atoms with van der Waals surface area (Å²) in [5.74, 6) is 1.69. The minimum absolute atomic E-state index is 0.428. The summed E-state index contributed by atoms with van der Waals surface area (Å²) < 4.78 is -1.12. The normalized spacial score (nSPS) is 16.7. The van der Waals surface area contributed by atoms with Crippen LogP contribution in [0.5, 0.6) is 0 Å². The molecule has 0 radical (unpaired) electrons. The maximum Gasteiger partial charge on any atom is 0.191 e. The zero-order valence-corrected chi connectivity index (χ0v) is 12.6. The van der Waals surface area contributed by atoms with Crippen molar-refractivity contribution in [2.75, 3.05) is 5.75 Å². The summed E-state index contributed by atoms with van der Waals surface area (Å²) in [5.41, 5.74) is 0. The largest absolute Gasteiger partial charge is 0.191 e. The van der Waals surface area contributed by atoms with E-state index in [1.807, 2.05) is 21.6 Å². The first-order valence-corrected chi connectivity index (χ1v) is 8.27. The smallest absolute Gasteiger partial charge is 0.0942 e. The molecule has 0 aromatic heterocycles. The maximum absolute atomic E-state index is 5.82. The average Bonchev–Trinajstić information content (AvgIpc) is 2.09. The molecule has 0 aliphatic heterocycles. The quantitative estimate of drug-likeness (QED) is 0.464. The number of hydrogen-bond acceptors (Lipinski definition) is 2. The Hall–Kier alpha value is 1.57. The van der Waals surface area contributed by atoms with Crippen LogP contribution in [0.25, 0.3) is 0 Å². The van der Waals surface area contributed by atoms with E-state index >= 15 is 0 Å². The van der Waals surface area contributed by atoms with Crippen molar-refractivity contribution in [3.63, 3.8) is 0 Å². The van der Waals surface area contributed by atoms with Crippen molar-refractivity contribution in [2.45, 2.75) is 42.7 Å². The molecule has 0 aromatic rings. The second-order valence-corrected chi connectivity index (χ2v) is 8.66. The lowest BCUT2D eigenvalue weighted by molar-refractivity contribution is 0.516. The average molecular weight is 296 g/mol. The zero-order valence-electron chi connectivity index (χ0n) is 8.73. The van der Waals surface area contributed by atoms with Crippen molar-refractivity contribution < 1.29 is 0 Å². The molecular formula is C9H17Cl3S2. The second-order valence-electron chi connectivity index (χ2n) is 3.25. The van der Waals surface area contributed by atoms with Gasteiger partial charge in [-0.05, 0) is 5.92 Å². The Bertz CT molecular complexity index is 147. The third-order valence-electron chi connectivity index (χ3n) is 2.02. The molecule has 0 aliphatic carbocycles. The lowest BCUT2D eigenvalue weighted by Crippen LogP contribution is -2.20. The summed E-state index contributed by atoms with van der Waals surface area (Å²) in [6.45, 7) is 6.53. The molecule has 1 unspecified atom stereocenters. The molecule has 5 heteroatoms. The molecular weight excluding hydrogens is 279 g/mol. The van der Waals surface area contributed by atoms with E-state index in [2.05, 4.69) is 20.8 Å². The Balaban J connectivity index is 4.10. The van der Waals surface area contributed by atoms with E-state index in [-0.39, 0.29) is 0 Å². The monoisotopic (exact) mass is 294 g/mol. The van der Waals surface area contributed by atoms with Crippen molar-refractivity contribution >= 4 is 56.4 Å². The van der Waals surface area contributed by atoms with Gasteiger partial charge >= 0.3 is 0 Å². The minimum atomic E-state index is -1.12. The lowest BCUT2D eigenvalue weighted by Gasteiger charge is -2.25. The van der Waals surface area contributed by atoms with Gasteiger partial charge in [-0.1, -0.05) is 83.6 Å². The van der Waals surface area contributed by atoms with Gasteiger partial charge in [0.2, 0.25) is 0 Å². The molecule has 0 N–H and O–H groups in total. The van der Waals surface area contributed by atoms with Crippen LogP contribution in [-0.4, -0.2) is 14.8 Å². The van der Waals surface area contributed by atoms with Gasteiger partial charge in [0, 0.05) is 17.4 Å². The second kappa shape index (κ2) is 7.78. The Morgan fingerprint density at radius 3 is 2.14 bits per heavy atom. The number of alkyl halides is 3. The molecule has 14 heavy (non-hydrogen) atoms. The summed E-state index contributed by atoms with van der Waals surface area (Å²) in [6.07, 6.45) is 1.76. The van der Waals surface area contributed by atoms with E-state index in [0.717, 1.165) is 12.2 Å². The standard InChI is InChI=1S/C9H17Cl3S2/c1-4-7(3)8(14-13-5-2)6-9(10,11)12/h7-8H,4-6H2,1-3H3/t7?,8-/m0/s1. The van der Waals surface area contributed by atoms with Crippen LogP contribution in [0.15, 0.2) is 0 Å². The molecule has 0 saturated heterocycles. The van der Waals surface area contributed by atoms with Gasteiger partial charge in [0.1, 0.15) is 0 Å². The summed E-state index contributed by atoms with van der Waals surface area (Å²) in [5, 5.41) is 0.428. The molecule has 0 rings (SSSR count). The topological polar surface area (TPSA) is 0 Å². The predicted octanol–water partition coefficient (Wildman–Crippen LogP) is 5.56.